The van der Waals surface area contributed by atoms with Crippen LogP contribution >= 0.6 is 27.5 Å². The Morgan fingerprint density at radius 1 is 1.32 bits per heavy atom. The summed E-state index contributed by atoms with van der Waals surface area (Å²) < 4.78 is 1.10. The van der Waals surface area contributed by atoms with E-state index in [-0.39, 0.29) is 0 Å². The van der Waals surface area contributed by atoms with E-state index in [1.807, 2.05) is 12.1 Å². The Hall–Kier alpha value is -0.0900. The van der Waals surface area contributed by atoms with Crippen molar-refractivity contribution in [3.05, 3.63) is 33.3 Å². The van der Waals surface area contributed by atoms with Crippen LogP contribution in [0.4, 0.5) is 0 Å². The molecule has 0 saturated carbocycles. The molecule has 0 radical (unpaired) electrons. The van der Waals surface area contributed by atoms with E-state index in [9.17, 15) is 0 Å². The SMILES string of the molecule is CN(Cc1cc(Br)ccc1Cl)C1CC2CCC(C1)N2. The Morgan fingerprint density at radius 2 is 2.00 bits per heavy atom. The summed E-state index contributed by atoms with van der Waals surface area (Å²) >= 11 is 9.81. The first-order valence-electron chi connectivity index (χ1n) is 7.02. The Labute approximate surface area is 128 Å². The van der Waals surface area contributed by atoms with Crippen molar-refractivity contribution in [3.63, 3.8) is 0 Å². The van der Waals surface area contributed by atoms with Crippen molar-refractivity contribution in [2.24, 2.45) is 0 Å². The summed E-state index contributed by atoms with van der Waals surface area (Å²) in [5.74, 6) is 0. The summed E-state index contributed by atoms with van der Waals surface area (Å²) in [6.45, 7) is 0.933. The van der Waals surface area contributed by atoms with Gasteiger partial charge in [0, 0.05) is 34.2 Å². The molecule has 4 heteroatoms. The predicted octanol–water partition coefficient (Wildman–Crippen LogP) is 3.82. The molecule has 104 valence electrons. The molecule has 2 aliphatic heterocycles. The van der Waals surface area contributed by atoms with Crippen molar-refractivity contribution in [2.75, 3.05) is 7.05 Å². The highest BCUT2D eigenvalue weighted by Crippen LogP contribution is 2.31. The van der Waals surface area contributed by atoms with Crippen molar-refractivity contribution < 1.29 is 0 Å². The molecule has 2 unspecified atom stereocenters. The molecule has 1 aromatic carbocycles. The number of nitrogens with zero attached hydrogens (tertiary/aromatic N) is 1. The lowest BCUT2D eigenvalue weighted by molar-refractivity contribution is 0.166. The number of hydrogen-bond acceptors (Lipinski definition) is 2. The number of nitrogens with one attached hydrogen (secondary N) is 1. The molecule has 3 rings (SSSR count). The largest absolute Gasteiger partial charge is 0.311 e. The number of piperidine rings is 1. The van der Waals surface area contributed by atoms with E-state index in [2.05, 4.69) is 39.3 Å². The summed E-state index contributed by atoms with van der Waals surface area (Å²) in [6.07, 6.45) is 5.26. The average molecular weight is 344 g/mol. The van der Waals surface area contributed by atoms with Gasteiger partial charge in [-0.1, -0.05) is 27.5 Å². The molecule has 2 nitrogen and oxygen atoms in total. The summed E-state index contributed by atoms with van der Waals surface area (Å²) in [5, 5.41) is 4.57. The first-order valence-corrected chi connectivity index (χ1v) is 8.19. The van der Waals surface area contributed by atoms with Gasteiger partial charge in [0.05, 0.1) is 0 Å². The van der Waals surface area contributed by atoms with Crippen LogP contribution < -0.4 is 5.32 Å². The van der Waals surface area contributed by atoms with Gasteiger partial charge < -0.3 is 5.32 Å². The summed E-state index contributed by atoms with van der Waals surface area (Å²) in [5.41, 5.74) is 1.21. The van der Waals surface area contributed by atoms with Gasteiger partial charge in [0.25, 0.3) is 0 Å². The minimum absolute atomic E-state index is 0.689. The molecule has 2 fully saturated rings. The molecular formula is C15H20BrClN2. The fourth-order valence-electron chi connectivity index (χ4n) is 3.45. The maximum Gasteiger partial charge on any atom is 0.0451 e. The van der Waals surface area contributed by atoms with E-state index in [1.165, 1.54) is 31.2 Å². The van der Waals surface area contributed by atoms with Crippen LogP contribution in [0, 0.1) is 0 Å². The van der Waals surface area contributed by atoms with Gasteiger partial charge in [-0.3, -0.25) is 4.90 Å². The first kappa shape index (κ1) is 13.9. The minimum atomic E-state index is 0.689. The van der Waals surface area contributed by atoms with E-state index in [0.717, 1.165) is 28.1 Å². The maximum absolute atomic E-state index is 6.29. The van der Waals surface area contributed by atoms with Gasteiger partial charge in [-0.15, -0.1) is 0 Å². The maximum atomic E-state index is 6.29. The van der Waals surface area contributed by atoms with Crippen molar-refractivity contribution >= 4 is 27.5 Å². The van der Waals surface area contributed by atoms with Crippen LogP contribution in [0.3, 0.4) is 0 Å². The van der Waals surface area contributed by atoms with Gasteiger partial charge >= 0.3 is 0 Å². The van der Waals surface area contributed by atoms with Crippen molar-refractivity contribution in [1.29, 1.82) is 0 Å². The van der Waals surface area contributed by atoms with Crippen LogP contribution in [0.5, 0.6) is 0 Å². The zero-order valence-electron chi connectivity index (χ0n) is 11.2. The summed E-state index contributed by atoms with van der Waals surface area (Å²) in [7, 11) is 2.23. The van der Waals surface area contributed by atoms with E-state index in [1.54, 1.807) is 0 Å². The summed E-state index contributed by atoms with van der Waals surface area (Å²) in [6, 6.07) is 8.27. The smallest absolute Gasteiger partial charge is 0.0451 e. The molecule has 1 N–H and O–H groups in total. The van der Waals surface area contributed by atoms with Gasteiger partial charge in [0.1, 0.15) is 0 Å². The van der Waals surface area contributed by atoms with Crippen molar-refractivity contribution in [3.8, 4) is 0 Å². The van der Waals surface area contributed by atoms with Crippen LogP contribution in [0.15, 0.2) is 22.7 Å². The van der Waals surface area contributed by atoms with Crippen LogP contribution in [0.1, 0.15) is 31.2 Å². The highest BCUT2D eigenvalue weighted by molar-refractivity contribution is 9.10. The molecular weight excluding hydrogens is 324 g/mol. The molecule has 2 aliphatic rings. The predicted molar refractivity (Wildman–Crippen MR) is 83.6 cm³/mol. The third kappa shape index (κ3) is 3.15. The van der Waals surface area contributed by atoms with Crippen LogP contribution in [-0.2, 0) is 6.54 Å². The molecule has 0 aliphatic carbocycles. The van der Waals surface area contributed by atoms with Crippen LogP contribution in [-0.4, -0.2) is 30.1 Å². The lowest BCUT2D eigenvalue weighted by atomic mass is 9.98. The Kier molecular flexibility index (Phi) is 4.18. The first-order chi connectivity index (χ1) is 9.11. The topological polar surface area (TPSA) is 15.3 Å². The third-order valence-electron chi connectivity index (χ3n) is 4.50. The van der Waals surface area contributed by atoms with Gasteiger partial charge in [-0.2, -0.15) is 0 Å². The third-order valence-corrected chi connectivity index (χ3v) is 5.36. The average Bonchev–Trinajstić information content (AvgIpc) is 2.72. The lowest BCUT2D eigenvalue weighted by Gasteiger charge is -2.35. The molecule has 0 aromatic heterocycles. The number of benzene rings is 1. The number of halogens is 2. The normalized spacial score (nSPS) is 30.0. The Balaban J connectivity index is 1.67. The number of fused-ring (bicyclic) bond motifs is 2. The second kappa shape index (κ2) is 5.72. The minimum Gasteiger partial charge on any atom is -0.311 e. The molecule has 0 spiro atoms. The molecule has 2 bridgehead atoms. The molecule has 19 heavy (non-hydrogen) atoms. The van der Waals surface area contributed by atoms with E-state index >= 15 is 0 Å². The second-order valence-electron chi connectivity index (χ2n) is 5.91. The fourth-order valence-corrected chi connectivity index (χ4v) is 4.04. The summed E-state index contributed by atoms with van der Waals surface area (Å²) in [4.78, 5) is 2.47. The quantitative estimate of drug-likeness (QED) is 0.897. The Bertz CT molecular complexity index is 453. The van der Waals surface area contributed by atoms with Crippen molar-refractivity contribution in [1.82, 2.24) is 10.2 Å². The second-order valence-corrected chi connectivity index (χ2v) is 7.24. The molecule has 0 amide bonds. The van der Waals surface area contributed by atoms with Gasteiger partial charge in [-0.25, -0.2) is 0 Å². The molecule has 2 saturated heterocycles. The highest BCUT2D eigenvalue weighted by atomic mass is 79.9. The number of rotatable bonds is 3. The highest BCUT2D eigenvalue weighted by Gasteiger charge is 2.35. The molecule has 2 atom stereocenters. The zero-order valence-corrected chi connectivity index (χ0v) is 13.5. The molecule has 2 heterocycles. The lowest BCUT2D eigenvalue weighted by Crippen LogP contribution is -2.46. The standard InChI is InChI=1S/C15H20BrClN2/c1-19(9-10-6-11(16)2-5-15(10)17)14-7-12-3-4-13(8-14)18-12/h2,5-6,12-14,18H,3-4,7-9H2,1H3. The van der Waals surface area contributed by atoms with Crippen molar-refractivity contribution in [2.45, 2.75) is 50.4 Å². The Morgan fingerprint density at radius 3 is 2.68 bits per heavy atom. The zero-order chi connectivity index (χ0) is 13.4. The van der Waals surface area contributed by atoms with E-state index in [0.29, 0.717) is 6.04 Å². The molecule has 1 aromatic rings. The number of hydrogen-bond donors (Lipinski definition) is 1. The van der Waals surface area contributed by atoms with Gasteiger partial charge in [0.15, 0.2) is 0 Å². The van der Waals surface area contributed by atoms with E-state index < -0.39 is 0 Å². The van der Waals surface area contributed by atoms with Gasteiger partial charge in [-0.05, 0) is 56.5 Å². The van der Waals surface area contributed by atoms with Gasteiger partial charge in [0.2, 0.25) is 0 Å². The van der Waals surface area contributed by atoms with Crippen LogP contribution in [0.2, 0.25) is 5.02 Å². The van der Waals surface area contributed by atoms with Crippen LogP contribution in [0.25, 0.3) is 0 Å². The monoisotopic (exact) mass is 342 g/mol. The van der Waals surface area contributed by atoms with E-state index in [4.69, 9.17) is 11.6 Å². The fraction of sp³-hybridized carbons (Fsp3) is 0.600.